The molecule has 0 bridgehead atoms. The summed E-state index contributed by atoms with van der Waals surface area (Å²) >= 11 is 0. The molecule has 0 radical (unpaired) electrons. The Labute approximate surface area is 122 Å². The molecule has 2 fully saturated rings. The normalized spacial score (nSPS) is 26.5. The molecule has 21 heavy (non-hydrogen) atoms. The number of likely N-dealkylation sites (tertiary alicyclic amines) is 1. The highest BCUT2D eigenvalue weighted by atomic mass is 16.5. The quantitative estimate of drug-likeness (QED) is 0.830. The monoisotopic (exact) mass is 288 g/mol. The van der Waals surface area contributed by atoms with Crippen LogP contribution in [0.2, 0.25) is 0 Å². The molecule has 2 aliphatic rings. The summed E-state index contributed by atoms with van der Waals surface area (Å²) in [6, 6.07) is 9.41. The molecule has 3 atom stereocenters. The predicted molar refractivity (Wildman–Crippen MR) is 72.9 cm³/mol. The first-order valence-electron chi connectivity index (χ1n) is 6.87. The number of piperidine rings is 1. The first-order valence-corrected chi connectivity index (χ1v) is 6.87. The van der Waals surface area contributed by atoms with Crippen molar-refractivity contribution in [1.82, 2.24) is 10.2 Å². The Bertz CT molecular complexity index is 565. The number of ether oxygens (including phenoxy) is 1. The third-order valence-electron chi connectivity index (χ3n) is 4.07. The van der Waals surface area contributed by atoms with Crippen LogP contribution in [0.25, 0.3) is 0 Å². The standard InChI is InChI=1S/C15H16N2O4/c1-16-15(20)21-8-10-11-12(10)14(19)17(13(11)18)7-9-5-3-2-4-6-9/h2-6,10-12H,7-8H2,1H3,(H,16,20)/t10?,11-,12+. The van der Waals surface area contributed by atoms with Crippen molar-refractivity contribution in [2.45, 2.75) is 6.54 Å². The van der Waals surface area contributed by atoms with Crippen molar-refractivity contribution in [1.29, 1.82) is 0 Å². The second kappa shape index (κ2) is 5.20. The number of rotatable bonds is 4. The van der Waals surface area contributed by atoms with Gasteiger partial charge in [0.05, 0.1) is 25.0 Å². The maximum absolute atomic E-state index is 12.2. The summed E-state index contributed by atoms with van der Waals surface area (Å²) in [6.07, 6.45) is -0.541. The molecule has 0 spiro atoms. The average Bonchev–Trinajstić information content (AvgIpc) is 3.18. The summed E-state index contributed by atoms with van der Waals surface area (Å²) in [7, 11) is 1.47. The van der Waals surface area contributed by atoms with Crippen molar-refractivity contribution in [2.75, 3.05) is 13.7 Å². The Hall–Kier alpha value is -2.37. The van der Waals surface area contributed by atoms with Gasteiger partial charge in [0.25, 0.3) is 0 Å². The van der Waals surface area contributed by atoms with Gasteiger partial charge in [0.1, 0.15) is 0 Å². The van der Waals surface area contributed by atoms with Crippen molar-refractivity contribution >= 4 is 17.9 Å². The molecule has 1 aromatic carbocycles. The minimum absolute atomic E-state index is 0.117. The highest BCUT2D eigenvalue weighted by molar-refractivity contribution is 6.09. The van der Waals surface area contributed by atoms with Crippen LogP contribution in [0.15, 0.2) is 30.3 Å². The number of hydrogen-bond acceptors (Lipinski definition) is 4. The van der Waals surface area contributed by atoms with E-state index in [0.717, 1.165) is 5.56 Å². The second-order valence-corrected chi connectivity index (χ2v) is 5.31. The third kappa shape index (κ3) is 2.37. The number of hydrogen-bond donors (Lipinski definition) is 1. The van der Waals surface area contributed by atoms with Crippen LogP contribution < -0.4 is 5.32 Å². The van der Waals surface area contributed by atoms with Gasteiger partial charge in [-0.25, -0.2) is 4.79 Å². The zero-order valence-corrected chi connectivity index (χ0v) is 11.6. The summed E-state index contributed by atoms with van der Waals surface area (Å²) in [6.45, 7) is 0.431. The van der Waals surface area contributed by atoms with Crippen LogP contribution in [0, 0.1) is 17.8 Å². The molecule has 6 heteroatoms. The second-order valence-electron chi connectivity index (χ2n) is 5.31. The smallest absolute Gasteiger partial charge is 0.406 e. The molecule has 1 unspecified atom stereocenters. The van der Waals surface area contributed by atoms with Crippen LogP contribution in [0.1, 0.15) is 5.56 Å². The molecule has 1 saturated heterocycles. The molecule has 110 valence electrons. The minimum Gasteiger partial charge on any atom is -0.449 e. The molecule has 6 nitrogen and oxygen atoms in total. The number of fused-ring (bicyclic) bond motifs is 1. The summed E-state index contributed by atoms with van der Waals surface area (Å²) in [5.74, 6) is -1.09. The number of carbonyl (C=O) groups is 3. The van der Waals surface area contributed by atoms with Crippen molar-refractivity contribution in [3.8, 4) is 0 Å². The van der Waals surface area contributed by atoms with Crippen LogP contribution in [0.3, 0.4) is 0 Å². The zero-order valence-electron chi connectivity index (χ0n) is 11.6. The predicted octanol–water partition coefficient (Wildman–Crippen LogP) is 0.774. The number of nitrogens with zero attached hydrogens (tertiary/aromatic N) is 1. The van der Waals surface area contributed by atoms with Crippen LogP contribution in [0.4, 0.5) is 4.79 Å². The van der Waals surface area contributed by atoms with Gasteiger partial charge in [0.15, 0.2) is 0 Å². The maximum atomic E-state index is 12.2. The van der Waals surface area contributed by atoms with Gasteiger partial charge in [0.2, 0.25) is 11.8 Å². The molecule has 1 aliphatic carbocycles. The van der Waals surface area contributed by atoms with Crippen LogP contribution in [-0.2, 0) is 20.9 Å². The molecule has 3 rings (SSSR count). The number of carbonyl (C=O) groups excluding carboxylic acids is 3. The van der Waals surface area contributed by atoms with Gasteiger partial charge in [-0.2, -0.15) is 0 Å². The molecule has 1 aromatic rings. The number of alkyl carbamates (subject to hydrolysis) is 1. The maximum Gasteiger partial charge on any atom is 0.406 e. The van der Waals surface area contributed by atoms with E-state index in [2.05, 4.69) is 5.32 Å². The Morgan fingerprint density at radius 3 is 2.38 bits per heavy atom. The summed E-state index contributed by atoms with van der Waals surface area (Å²) in [5, 5.41) is 2.34. The SMILES string of the molecule is CNC(=O)OCC1[C@H]2C(=O)N(Cc3ccccc3)C(=O)[C@@H]12. The van der Waals surface area contributed by atoms with Gasteiger partial charge in [-0.15, -0.1) is 0 Å². The van der Waals surface area contributed by atoms with E-state index in [-0.39, 0.29) is 36.2 Å². The number of benzene rings is 1. The van der Waals surface area contributed by atoms with Crippen LogP contribution in [-0.4, -0.2) is 36.5 Å². The van der Waals surface area contributed by atoms with E-state index >= 15 is 0 Å². The molecule has 1 aliphatic heterocycles. The van der Waals surface area contributed by atoms with Gasteiger partial charge in [-0.1, -0.05) is 30.3 Å². The van der Waals surface area contributed by atoms with Gasteiger partial charge >= 0.3 is 6.09 Å². The van der Waals surface area contributed by atoms with Crippen LogP contribution in [0.5, 0.6) is 0 Å². The third-order valence-corrected chi connectivity index (χ3v) is 4.07. The fourth-order valence-corrected chi connectivity index (χ4v) is 2.89. The molecular weight excluding hydrogens is 272 g/mol. The molecule has 0 aromatic heterocycles. The number of nitrogens with one attached hydrogen (secondary N) is 1. The lowest BCUT2D eigenvalue weighted by molar-refractivity contribution is -0.143. The zero-order chi connectivity index (χ0) is 15.0. The minimum atomic E-state index is -0.541. The van der Waals surface area contributed by atoms with Gasteiger partial charge < -0.3 is 10.1 Å². The fraction of sp³-hybridized carbons (Fsp3) is 0.400. The molecule has 1 saturated carbocycles. The van der Waals surface area contributed by atoms with Gasteiger partial charge in [-0.3, -0.25) is 14.5 Å². The van der Waals surface area contributed by atoms with Crippen molar-refractivity contribution in [3.63, 3.8) is 0 Å². The molecular formula is C15H16N2O4. The van der Waals surface area contributed by atoms with E-state index in [1.165, 1.54) is 11.9 Å². The van der Waals surface area contributed by atoms with E-state index in [1.807, 2.05) is 30.3 Å². The first kappa shape index (κ1) is 13.6. The van der Waals surface area contributed by atoms with Gasteiger partial charge in [-0.05, 0) is 5.56 Å². The molecule has 3 amide bonds. The Morgan fingerprint density at radius 1 is 1.19 bits per heavy atom. The van der Waals surface area contributed by atoms with Crippen LogP contribution >= 0.6 is 0 Å². The lowest BCUT2D eigenvalue weighted by Crippen LogP contribution is -2.35. The highest BCUT2D eigenvalue weighted by Gasteiger charge is 2.67. The van der Waals surface area contributed by atoms with Crippen molar-refractivity contribution in [3.05, 3.63) is 35.9 Å². The Kier molecular flexibility index (Phi) is 3.37. The topological polar surface area (TPSA) is 75.7 Å². The summed E-state index contributed by atoms with van der Waals surface area (Å²) < 4.78 is 4.93. The Balaban J connectivity index is 1.60. The highest BCUT2D eigenvalue weighted by Crippen LogP contribution is 2.53. The summed E-state index contributed by atoms with van der Waals surface area (Å²) in [4.78, 5) is 36.8. The lowest BCUT2D eigenvalue weighted by atomic mass is 10.2. The molecule has 1 N–H and O–H groups in total. The van der Waals surface area contributed by atoms with E-state index in [1.54, 1.807) is 0 Å². The van der Waals surface area contributed by atoms with Gasteiger partial charge in [0, 0.05) is 13.0 Å². The first-order chi connectivity index (χ1) is 10.1. The number of imide groups is 1. The largest absolute Gasteiger partial charge is 0.449 e. The average molecular weight is 288 g/mol. The van der Waals surface area contributed by atoms with Crippen molar-refractivity contribution in [2.24, 2.45) is 17.8 Å². The Morgan fingerprint density at radius 2 is 1.81 bits per heavy atom. The van der Waals surface area contributed by atoms with E-state index in [0.29, 0.717) is 6.54 Å². The summed E-state index contributed by atoms with van der Waals surface area (Å²) in [5.41, 5.74) is 0.929. The number of amides is 3. The van der Waals surface area contributed by atoms with E-state index < -0.39 is 6.09 Å². The lowest BCUT2D eigenvalue weighted by Gasteiger charge is -2.18. The van der Waals surface area contributed by atoms with E-state index in [9.17, 15) is 14.4 Å². The van der Waals surface area contributed by atoms with Crippen molar-refractivity contribution < 1.29 is 19.1 Å². The fourth-order valence-electron chi connectivity index (χ4n) is 2.89. The van der Waals surface area contributed by atoms with E-state index in [4.69, 9.17) is 4.74 Å². The molecule has 1 heterocycles.